The summed E-state index contributed by atoms with van der Waals surface area (Å²) >= 11 is 0. The number of carboxylic acid groups (broad SMARTS) is 1. The predicted octanol–water partition coefficient (Wildman–Crippen LogP) is 3.92. The molecule has 0 amide bonds. The molecule has 23 heavy (non-hydrogen) atoms. The SMILES string of the molecule is Cc1cccc(C(=O)CC(C(=O)O)c2c[nH]c3ccccc23)c1. The van der Waals surface area contributed by atoms with Gasteiger partial charge in [-0.05, 0) is 24.6 Å². The van der Waals surface area contributed by atoms with Crippen molar-refractivity contribution in [2.45, 2.75) is 19.3 Å². The summed E-state index contributed by atoms with van der Waals surface area (Å²) in [7, 11) is 0. The number of hydrogen-bond acceptors (Lipinski definition) is 2. The van der Waals surface area contributed by atoms with Gasteiger partial charge >= 0.3 is 5.97 Å². The number of Topliss-reactive ketones (excluding diaryl/α,β-unsaturated/α-hetero) is 1. The molecule has 0 aliphatic carbocycles. The van der Waals surface area contributed by atoms with Gasteiger partial charge in [-0.1, -0.05) is 42.0 Å². The summed E-state index contributed by atoms with van der Waals surface area (Å²) in [6.07, 6.45) is 1.63. The number of hydrogen-bond donors (Lipinski definition) is 2. The van der Waals surface area contributed by atoms with E-state index in [4.69, 9.17) is 0 Å². The number of rotatable bonds is 5. The van der Waals surface area contributed by atoms with Gasteiger partial charge in [0, 0.05) is 29.1 Å². The van der Waals surface area contributed by atoms with Crippen LogP contribution < -0.4 is 0 Å². The first kappa shape index (κ1) is 15.0. The number of aryl methyl sites for hydroxylation is 1. The van der Waals surface area contributed by atoms with Crippen molar-refractivity contribution < 1.29 is 14.7 Å². The zero-order valence-corrected chi connectivity index (χ0v) is 12.7. The fraction of sp³-hybridized carbons (Fsp3) is 0.158. The average molecular weight is 307 g/mol. The number of fused-ring (bicyclic) bond motifs is 1. The third-order valence-electron chi connectivity index (χ3n) is 4.02. The first-order valence-corrected chi connectivity index (χ1v) is 7.45. The predicted molar refractivity (Wildman–Crippen MR) is 88.8 cm³/mol. The minimum Gasteiger partial charge on any atom is -0.481 e. The lowest BCUT2D eigenvalue weighted by Crippen LogP contribution is -2.16. The second-order valence-electron chi connectivity index (χ2n) is 5.68. The van der Waals surface area contributed by atoms with Crippen molar-refractivity contribution in [3.63, 3.8) is 0 Å². The standard InChI is InChI=1S/C19H17NO3/c1-12-5-4-6-13(9-12)18(21)10-15(19(22)23)16-11-20-17-8-3-2-7-14(16)17/h2-9,11,15,20H,10H2,1H3,(H,22,23). The van der Waals surface area contributed by atoms with Gasteiger partial charge in [-0.3, -0.25) is 9.59 Å². The highest BCUT2D eigenvalue weighted by molar-refractivity contribution is 6.00. The van der Waals surface area contributed by atoms with Crippen molar-refractivity contribution in [2.24, 2.45) is 0 Å². The summed E-state index contributed by atoms with van der Waals surface area (Å²) in [5, 5.41) is 10.4. The molecule has 0 aliphatic heterocycles. The van der Waals surface area contributed by atoms with Gasteiger partial charge in [-0.15, -0.1) is 0 Å². The molecule has 1 unspecified atom stereocenters. The number of carboxylic acids is 1. The summed E-state index contributed by atoms with van der Waals surface area (Å²) in [6, 6.07) is 14.7. The molecule has 4 heteroatoms. The van der Waals surface area contributed by atoms with E-state index in [0.717, 1.165) is 16.5 Å². The largest absolute Gasteiger partial charge is 0.481 e. The molecule has 0 fully saturated rings. The minimum absolute atomic E-state index is 0.0549. The summed E-state index contributed by atoms with van der Waals surface area (Å²) in [6.45, 7) is 1.91. The number of aliphatic carboxylic acids is 1. The van der Waals surface area contributed by atoms with E-state index < -0.39 is 11.9 Å². The quantitative estimate of drug-likeness (QED) is 0.702. The number of ketones is 1. The summed E-state index contributed by atoms with van der Waals surface area (Å²) in [4.78, 5) is 27.2. The summed E-state index contributed by atoms with van der Waals surface area (Å²) in [5.74, 6) is -2.01. The van der Waals surface area contributed by atoms with Crippen LogP contribution in [-0.2, 0) is 4.79 Å². The van der Waals surface area contributed by atoms with E-state index in [1.807, 2.05) is 43.3 Å². The molecule has 0 saturated heterocycles. The molecule has 0 spiro atoms. The van der Waals surface area contributed by atoms with Gasteiger partial charge in [0.1, 0.15) is 0 Å². The van der Waals surface area contributed by atoms with Crippen LogP contribution in [-0.4, -0.2) is 21.8 Å². The number of nitrogens with one attached hydrogen (secondary N) is 1. The Balaban J connectivity index is 1.94. The van der Waals surface area contributed by atoms with Crippen molar-refractivity contribution in [2.75, 3.05) is 0 Å². The van der Waals surface area contributed by atoms with Gasteiger partial charge < -0.3 is 10.1 Å². The number of para-hydroxylation sites is 1. The van der Waals surface area contributed by atoms with E-state index in [2.05, 4.69) is 4.98 Å². The van der Waals surface area contributed by atoms with Crippen molar-refractivity contribution in [3.8, 4) is 0 Å². The number of aromatic amines is 1. The van der Waals surface area contributed by atoms with E-state index in [0.29, 0.717) is 11.1 Å². The number of carbonyl (C=O) groups excluding carboxylic acids is 1. The van der Waals surface area contributed by atoms with E-state index in [1.54, 1.807) is 18.3 Å². The molecular formula is C19H17NO3. The van der Waals surface area contributed by atoms with Crippen molar-refractivity contribution in [1.82, 2.24) is 4.98 Å². The van der Waals surface area contributed by atoms with Crippen LogP contribution in [0.25, 0.3) is 10.9 Å². The maximum absolute atomic E-state index is 12.5. The third-order valence-corrected chi connectivity index (χ3v) is 4.02. The second kappa shape index (κ2) is 6.08. The van der Waals surface area contributed by atoms with Crippen LogP contribution in [0.3, 0.4) is 0 Å². The van der Waals surface area contributed by atoms with E-state index in [-0.39, 0.29) is 12.2 Å². The molecule has 2 N–H and O–H groups in total. The van der Waals surface area contributed by atoms with Crippen molar-refractivity contribution in [1.29, 1.82) is 0 Å². The smallest absolute Gasteiger partial charge is 0.311 e. The number of H-pyrrole nitrogens is 1. The molecule has 0 bridgehead atoms. The fourth-order valence-corrected chi connectivity index (χ4v) is 2.83. The molecule has 3 aromatic rings. The molecule has 116 valence electrons. The zero-order chi connectivity index (χ0) is 16.4. The molecule has 1 atom stereocenters. The average Bonchev–Trinajstić information content (AvgIpc) is 2.96. The molecule has 4 nitrogen and oxygen atoms in total. The maximum atomic E-state index is 12.5. The zero-order valence-electron chi connectivity index (χ0n) is 12.7. The molecule has 0 aliphatic rings. The molecule has 2 aromatic carbocycles. The lowest BCUT2D eigenvalue weighted by Gasteiger charge is -2.11. The Morgan fingerprint density at radius 2 is 1.91 bits per heavy atom. The Labute approximate surface area is 133 Å². The Hall–Kier alpha value is -2.88. The van der Waals surface area contributed by atoms with Crippen molar-refractivity contribution in [3.05, 3.63) is 71.4 Å². The van der Waals surface area contributed by atoms with Crippen LogP contribution in [0.4, 0.5) is 0 Å². The number of aromatic nitrogens is 1. The van der Waals surface area contributed by atoms with Crippen molar-refractivity contribution >= 4 is 22.7 Å². The van der Waals surface area contributed by atoms with E-state index in [1.165, 1.54) is 0 Å². The van der Waals surface area contributed by atoms with Gasteiger partial charge in [0.2, 0.25) is 0 Å². The van der Waals surface area contributed by atoms with Crippen LogP contribution in [0.2, 0.25) is 0 Å². The molecule has 0 saturated carbocycles. The van der Waals surface area contributed by atoms with Crippen LogP contribution in [0.1, 0.15) is 33.8 Å². The van der Waals surface area contributed by atoms with Crippen LogP contribution in [0.15, 0.2) is 54.7 Å². The Bertz CT molecular complexity index is 879. The first-order chi connectivity index (χ1) is 11.1. The molecule has 3 rings (SSSR count). The Kier molecular flexibility index (Phi) is 3.98. The minimum atomic E-state index is -0.990. The van der Waals surface area contributed by atoms with Gasteiger partial charge in [-0.2, -0.15) is 0 Å². The summed E-state index contributed by atoms with van der Waals surface area (Å²) < 4.78 is 0. The van der Waals surface area contributed by atoms with Crippen LogP contribution >= 0.6 is 0 Å². The molecule has 0 radical (unpaired) electrons. The van der Waals surface area contributed by atoms with E-state index >= 15 is 0 Å². The van der Waals surface area contributed by atoms with Gasteiger partial charge in [0.15, 0.2) is 5.78 Å². The Morgan fingerprint density at radius 1 is 1.13 bits per heavy atom. The second-order valence-corrected chi connectivity index (χ2v) is 5.68. The normalized spacial score (nSPS) is 12.2. The number of benzene rings is 2. The maximum Gasteiger partial charge on any atom is 0.311 e. The van der Waals surface area contributed by atoms with Gasteiger partial charge in [0.25, 0.3) is 0 Å². The first-order valence-electron chi connectivity index (χ1n) is 7.45. The Morgan fingerprint density at radius 3 is 2.65 bits per heavy atom. The van der Waals surface area contributed by atoms with Crippen LogP contribution in [0, 0.1) is 6.92 Å². The van der Waals surface area contributed by atoms with Gasteiger partial charge in [0.05, 0.1) is 5.92 Å². The monoisotopic (exact) mass is 307 g/mol. The highest BCUT2D eigenvalue weighted by Crippen LogP contribution is 2.29. The topological polar surface area (TPSA) is 70.2 Å². The highest BCUT2D eigenvalue weighted by atomic mass is 16.4. The highest BCUT2D eigenvalue weighted by Gasteiger charge is 2.26. The number of carbonyl (C=O) groups is 2. The summed E-state index contributed by atoms with van der Waals surface area (Å²) in [5.41, 5.74) is 3.05. The third kappa shape index (κ3) is 3.01. The fourth-order valence-electron chi connectivity index (χ4n) is 2.83. The van der Waals surface area contributed by atoms with Gasteiger partial charge in [-0.25, -0.2) is 0 Å². The molecule has 1 aromatic heterocycles. The molecular weight excluding hydrogens is 290 g/mol. The van der Waals surface area contributed by atoms with E-state index in [9.17, 15) is 14.7 Å². The van der Waals surface area contributed by atoms with Crippen LogP contribution in [0.5, 0.6) is 0 Å². The lowest BCUT2D eigenvalue weighted by molar-refractivity contribution is -0.138. The lowest BCUT2D eigenvalue weighted by atomic mass is 9.91. The molecule has 1 heterocycles.